The maximum absolute atomic E-state index is 12.2. The lowest BCUT2D eigenvalue weighted by Crippen LogP contribution is -2.68. The van der Waals surface area contributed by atoms with E-state index in [-0.39, 0.29) is 39.9 Å². The molecule has 13 heteroatoms. The van der Waals surface area contributed by atoms with Crippen LogP contribution in [0.25, 0.3) is 0 Å². The second-order valence-corrected chi connectivity index (χ2v) is 20.1. The van der Waals surface area contributed by atoms with E-state index in [1.165, 1.54) is 5.57 Å². The molecule has 6 aliphatic rings. The Kier molecular flexibility index (Phi) is 12.5. The van der Waals surface area contributed by atoms with Gasteiger partial charge in [-0.3, -0.25) is 0 Å². The predicted octanol–water partition coefficient (Wildman–Crippen LogP) is 2.15. The first-order valence-electron chi connectivity index (χ1n) is 20.9. The third-order valence-corrected chi connectivity index (χ3v) is 16.6. The zero-order chi connectivity index (χ0) is 40.6. The van der Waals surface area contributed by atoms with Crippen LogP contribution in [-0.4, -0.2) is 138 Å². The van der Waals surface area contributed by atoms with Crippen LogP contribution in [0.3, 0.4) is 0 Å². The molecular weight excluding hydrogens is 712 g/mol. The summed E-state index contributed by atoms with van der Waals surface area (Å²) in [5.41, 5.74) is -0.405. The van der Waals surface area contributed by atoms with Crippen LogP contribution in [0.1, 0.15) is 113 Å². The minimum absolute atomic E-state index is 0.00798. The summed E-state index contributed by atoms with van der Waals surface area (Å²) in [6.45, 7) is 16.5. The minimum atomic E-state index is -1.75. The van der Waals surface area contributed by atoms with Gasteiger partial charge in [-0.2, -0.15) is 0 Å². The molecule has 9 N–H and O–H groups in total. The lowest BCUT2D eigenvalue weighted by Gasteiger charge is -2.70. The van der Waals surface area contributed by atoms with Crippen molar-refractivity contribution in [3.63, 3.8) is 0 Å². The quantitative estimate of drug-likeness (QED) is 0.115. The van der Waals surface area contributed by atoms with Crippen LogP contribution in [0, 0.1) is 45.3 Å². The Balaban J connectivity index is 1.23. The van der Waals surface area contributed by atoms with Crippen molar-refractivity contribution in [2.45, 2.75) is 192 Å². The van der Waals surface area contributed by atoms with Crippen molar-refractivity contribution in [3.8, 4) is 0 Å². The first-order valence-corrected chi connectivity index (χ1v) is 20.9. The average molecular weight is 785 g/mol. The van der Waals surface area contributed by atoms with Crippen molar-refractivity contribution < 1.29 is 64.9 Å². The topological polar surface area (TPSA) is 219 Å². The first-order chi connectivity index (χ1) is 25.6. The number of allylic oxidation sites excluding steroid dienone is 2. The summed E-state index contributed by atoms with van der Waals surface area (Å²) in [4.78, 5) is 0. The number of aliphatic hydroxyl groups excluding tert-OH is 8. The van der Waals surface area contributed by atoms with E-state index in [2.05, 4.69) is 54.5 Å². The Morgan fingerprint density at radius 2 is 1.33 bits per heavy atom. The van der Waals surface area contributed by atoms with Crippen molar-refractivity contribution >= 4 is 0 Å². The van der Waals surface area contributed by atoms with Gasteiger partial charge in [0.2, 0.25) is 0 Å². The van der Waals surface area contributed by atoms with Crippen LogP contribution in [0.5, 0.6) is 0 Å². The molecule has 2 heterocycles. The van der Waals surface area contributed by atoms with Gasteiger partial charge in [0.25, 0.3) is 0 Å². The molecule has 2 aliphatic heterocycles. The predicted molar refractivity (Wildman–Crippen MR) is 201 cm³/mol. The SMILES string of the molecule is CC(C)=CCC[C@@](C)(O)[C@@H]1CC[C@@]2(C)[C@H]1[C@H](O)C[C@H]1[C@]3(C)CC[C@@H](O[C@H]4O[C@@H](CO)[C@H](O)[C@@H](O)[C@@H]4O[C@@H]4O[C@H](CO)[C@@H](O)[C@@H](O)[C@@H]4O)C(C)(C)[C@@H]3CC[C@]12C. The van der Waals surface area contributed by atoms with Crippen molar-refractivity contribution in [2.24, 2.45) is 45.3 Å². The number of rotatable bonds is 10. The van der Waals surface area contributed by atoms with Crippen LogP contribution in [-0.2, 0) is 18.9 Å². The van der Waals surface area contributed by atoms with Crippen molar-refractivity contribution in [2.75, 3.05) is 13.2 Å². The molecule has 0 aromatic heterocycles. The second kappa shape index (κ2) is 15.7. The third kappa shape index (κ3) is 7.20. The zero-order valence-corrected chi connectivity index (χ0v) is 34.3. The van der Waals surface area contributed by atoms with Gasteiger partial charge in [-0.25, -0.2) is 0 Å². The molecule has 318 valence electrons. The first kappa shape index (κ1) is 43.8. The van der Waals surface area contributed by atoms with E-state index in [1.54, 1.807) is 0 Å². The molecule has 0 bridgehead atoms. The fraction of sp³-hybridized carbons (Fsp3) is 0.952. The molecule has 20 atom stereocenters. The normalized spacial score (nSPS) is 52.0. The van der Waals surface area contributed by atoms with Gasteiger partial charge in [0.05, 0.1) is 31.0 Å². The van der Waals surface area contributed by atoms with Gasteiger partial charge < -0.3 is 64.9 Å². The van der Waals surface area contributed by atoms with Crippen LogP contribution < -0.4 is 0 Å². The Bertz CT molecular complexity index is 1370. The highest BCUT2D eigenvalue weighted by atomic mass is 16.8. The summed E-state index contributed by atoms with van der Waals surface area (Å²) in [6, 6.07) is 0. The summed E-state index contributed by atoms with van der Waals surface area (Å²) in [5, 5.41) is 97.4. The number of fused-ring (bicyclic) bond motifs is 5. The Morgan fingerprint density at radius 1 is 0.727 bits per heavy atom. The molecule has 0 unspecified atom stereocenters. The van der Waals surface area contributed by atoms with E-state index in [4.69, 9.17) is 18.9 Å². The molecule has 55 heavy (non-hydrogen) atoms. The van der Waals surface area contributed by atoms with E-state index in [0.29, 0.717) is 19.3 Å². The number of ether oxygens (including phenoxy) is 4. The molecule has 0 amide bonds. The van der Waals surface area contributed by atoms with Crippen LogP contribution in [0.4, 0.5) is 0 Å². The molecule has 0 aromatic carbocycles. The van der Waals surface area contributed by atoms with Crippen molar-refractivity contribution in [3.05, 3.63) is 11.6 Å². The molecule has 0 radical (unpaired) electrons. The van der Waals surface area contributed by atoms with E-state index in [9.17, 15) is 46.0 Å². The Morgan fingerprint density at radius 3 is 1.95 bits per heavy atom. The van der Waals surface area contributed by atoms with Gasteiger partial charge in [0.1, 0.15) is 48.8 Å². The van der Waals surface area contributed by atoms with Gasteiger partial charge in [0.15, 0.2) is 12.6 Å². The highest BCUT2D eigenvalue weighted by molar-refractivity contribution is 5.20. The molecule has 6 rings (SSSR count). The van der Waals surface area contributed by atoms with Gasteiger partial charge in [-0.15, -0.1) is 0 Å². The van der Waals surface area contributed by atoms with Crippen molar-refractivity contribution in [1.29, 1.82) is 0 Å². The molecule has 4 aliphatic carbocycles. The lowest BCUT2D eigenvalue weighted by atomic mass is 9.35. The number of hydrogen-bond donors (Lipinski definition) is 9. The third-order valence-electron chi connectivity index (χ3n) is 16.6. The largest absolute Gasteiger partial charge is 0.394 e. The maximum atomic E-state index is 12.2. The number of aliphatic hydroxyl groups is 9. The molecule has 2 saturated heterocycles. The fourth-order valence-corrected chi connectivity index (χ4v) is 13.3. The van der Waals surface area contributed by atoms with Gasteiger partial charge in [-0.1, -0.05) is 46.3 Å². The van der Waals surface area contributed by atoms with Crippen molar-refractivity contribution in [1.82, 2.24) is 0 Å². The molecule has 6 fully saturated rings. The summed E-state index contributed by atoms with van der Waals surface area (Å²) < 4.78 is 24.4. The Hall–Kier alpha value is -0.780. The number of hydrogen-bond acceptors (Lipinski definition) is 13. The standard InChI is InChI=1S/C42H72O13/c1-21(2)10-9-14-42(8,51)22-11-16-41(7)29(22)23(45)18-27-39(5)15-13-28(38(3,4)26(39)12-17-40(27,41)6)54-37-35(33(49)31(47)25(20-44)53-37)55-36-34(50)32(48)30(46)24(19-43)52-36/h10,22-37,43-51H,9,11-20H2,1-8H3/t22-,23-,24-,25+,26+,27+,28-,29-,30-,31+,32-,33-,34+,35+,36+,37-,39-,40-,41+,42-/m1/s1. The highest BCUT2D eigenvalue weighted by Crippen LogP contribution is 2.76. The summed E-state index contributed by atoms with van der Waals surface area (Å²) in [6.07, 6.45) is -6.48. The van der Waals surface area contributed by atoms with Crippen LogP contribution >= 0.6 is 0 Å². The smallest absolute Gasteiger partial charge is 0.187 e. The summed E-state index contributed by atoms with van der Waals surface area (Å²) in [7, 11) is 0. The van der Waals surface area contributed by atoms with Gasteiger partial charge in [-0.05, 0) is 124 Å². The minimum Gasteiger partial charge on any atom is -0.394 e. The van der Waals surface area contributed by atoms with E-state index < -0.39 is 97.8 Å². The zero-order valence-electron chi connectivity index (χ0n) is 34.3. The maximum Gasteiger partial charge on any atom is 0.187 e. The highest BCUT2D eigenvalue weighted by Gasteiger charge is 2.71. The Labute approximate surface area is 327 Å². The molecular formula is C42H72O13. The summed E-state index contributed by atoms with van der Waals surface area (Å²) >= 11 is 0. The lowest BCUT2D eigenvalue weighted by molar-refractivity contribution is -0.378. The fourth-order valence-electron chi connectivity index (χ4n) is 13.3. The van der Waals surface area contributed by atoms with Crippen LogP contribution in [0.2, 0.25) is 0 Å². The van der Waals surface area contributed by atoms with E-state index in [1.807, 2.05) is 6.92 Å². The summed E-state index contributed by atoms with van der Waals surface area (Å²) in [5.74, 6) is 0.445. The molecule has 13 nitrogen and oxygen atoms in total. The molecule has 4 saturated carbocycles. The van der Waals surface area contributed by atoms with E-state index >= 15 is 0 Å². The van der Waals surface area contributed by atoms with Crippen LogP contribution in [0.15, 0.2) is 11.6 Å². The van der Waals surface area contributed by atoms with E-state index in [0.717, 1.165) is 38.5 Å². The monoisotopic (exact) mass is 784 g/mol. The average Bonchev–Trinajstić information content (AvgIpc) is 3.50. The molecule has 0 spiro atoms. The second-order valence-electron chi connectivity index (χ2n) is 20.1. The van der Waals surface area contributed by atoms with Gasteiger partial charge >= 0.3 is 0 Å². The van der Waals surface area contributed by atoms with Gasteiger partial charge in [0, 0.05) is 0 Å². The molecule has 0 aromatic rings.